The Balaban J connectivity index is 1.99. The molecule has 1 unspecified atom stereocenters. The monoisotopic (exact) mass is 192 g/mol. The highest BCUT2D eigenvalue weighted by Crippen LogP contribution is 2.59. The summed E-state index contributed by atoms with van der Waals surface area (Å²) in [6.45, 7) is 6.24. The van der Waals surface area contributed by atoms with E-state index in [-0.39, 0.29) is 0 Å². The summed E-state index contributed by atoms with van der Waals surface area (Å²) in [5.74, 6) is 2.10. The molecule has 2 aliphatic carbocycles. The molecule has 2 rings (SSSR count). The van der Waals surface area contributed by atoms with E-state index in [2.05, 4.69) is 19.6 Å². The number of hydrogen-bond donors (Lipinski definition) is 0. The summed E-state index contributed by atoms with van der Waals surface area (Å²) in [4.78, 5) is 0. The van der Waals surface area contributed by atoms with E-state index in [0.717, 1.165) is 17.3 Å². The van der Waals surface area contributed by atoms with Gasteiger partial charge in [-0.2, -0.15) is 0 Å². The van der Waals surface area contributed by atoms with Gasteiger partial charge in [-0.25, -0.2) is 0 Å². The quantitative estimate of drug-likeness (QED) is 0.560. The van der Waals surface area contributed by atoms with Gasteiger partial charge in [-0.15, -0.1) is 6.58 Å². The van der Waals surface area contributed by atoms with Crippen LogP contribution >= 0.6 is 0 Å². The highest BCUT2D eigenvalue weighted by atomic mass is 14.5. The Bertz CT molecular complexity index is 196. The minimum atomic E-state index is 0.780. The van der Waals surface area contributed by atoms with Gasteiger partial charge in [-0.3, -0.25) is 0 Å². The SMILES string of the molecule is C=CCCC(CC)C12CCC(CC1)C2. The van der Waals surface area contributed by atoms with Crippen molar-refractivity contribution in [3.8, 4) is 0 Å². The predicted octanol–water partition coefficient (Wildman–Crippen LogP) is 4.56. The molecule has 0 nitrogen and oxygen atoms in total. The molecule has 1 atom stereocenters. The average molecular weight is 192 g/mol. The molecule has 0 aromatic heterocycles. The van der Waals surface area contributed by atoms with Crippen LogP contribution in [0.3, 0.4) is 0 Å². The summed E-state index contributed by atoms with van der Waals surface area (Å²) >= 11 is 0. The molecular weight excluding hydrogens is 168 g/mol. The first-order valence-electron chi connectivity index (χ1n) is 6.41. The second-order valence-electron chi connectivity index (χ2n) is 5.48. The lowest BCUT2D eigenvalue weighted by molar-refractivity contribution is 0.153. The van der Waals surface area contributed by atoms with Crippen LogP contribution in [0, 0.1) is 17.3 Å². The zero-order valence-corrected chi connectivity index (χ0v) is 9.60. The van der Waals surface area contributed by atoms with Gasteiger partial charge in [0, 0.05) is 0 Å². The number of hydrogen-bond acceptors (Lipinski definition) is 0. The molecule has 2 fully saturated rings. The third kappa shape index (κ3) is 1.64. The molecule has 0 aliphatic heterocycles. The summed E-state index contributed by atoms with van der Waals surface area (Å²) < 4.78 is 0. The van der Waals surface area contributed by atoms with Crippen LogP contribution in [0.2, 0.25) is 0 Å². The Morgan fingerprint density at radius 3 is 2.57 bits per heavy atom. The van der Waals surface area contributed by atoms with Crippen molar-refractivity contribution >= 4 is 0 Å². The van der Waals surface area contributed by atoms with Gasteiger partial charge >= 0.3 is 0 Å². The van der Waals surface area contributed by atoms with Crippen molar-refractivity contribution in [3.63, 3.8) is 0 Å². The van der Waals surface area contributed by atoms with Crippen molar-refractivity contribution in [2.24, 2.45) is 17.3 Å². The Hall–Kier alpha value is -0.260. The van der Waals surface area contributed by atoms with Crippen LogP contribution in [-0.2, 0) is 0 Å². The van der Waals surface area contributed by atoms with E-state index in [4.69, 9.17) is 0 Å². The van der Waals surface area contributed by atoms with Crippen molar-refractivity contribution in [1.82, 2.24) is 0 Å². The molecule has 2 saturated carbocycles. The lowest BCUT2D eigenvalue weighted by Crippen LogP contribution is -2.25. The Labute approximate surface area is 88.8 Å². The molecule has 0 N–H and O–H groups in total. The molecule has 2 aliphatic rings. The van der Waals surface area contributed by atoms with Crippen LogP contribution in [-0.4, -0.2) is 0 Å². The van der Waals surface area contributed by atoms with Gasteiger partial charge < -0.3 is 0 Å². The summed E-state index contributed by atoms with van der Waals surface area (Å²) in [6.07, 6.45) is 13.8. The van der Waals surface area contributed by atoms with Gasteiger partial charge in [0.15, 0.2) is 0 Å². The van der Waals surface area contributed by atoms with Gasteiger partial charge in [-0.1, -0.05) is 19.4 Å². The minimum Gasteiger partial charge on any atom is -0.103 e. The largest absolute Gasteiger partial charge is 0.103 e. The Morgan fingerprint density at radius 2 is 2.14 bits per heavy atom. The second-order valence-corrected chi connectivity index (χ2v) is 5.48. The maximum Gasteiger partial charge on any atom is -0.0266 e. The summed E-state index contributed by atoms with van der Waals surface area (Å²) in [6, 6.07) is 0. The zero-order valence-electron chi connectivity index (χ0n) is 9.60. The molecule has 0 aromatic rings. The Morgan fingerprint density at radius 1 is 1.43 bits per heavy atom. The number of fused-ring (bicyclic) bond motifs is 2. The fraction of sp³-hybridized carbons (Fsp3) is 0.857. The molecule has 0 spiro atoms. The summed E-state index contributed by atoms with van der Waals surface area (Å²) in [5, 5.41) is 0. The smallest absolute Gasteiger partial charge is 0.0266 e. The van der Waals surface area contributed by atoms with E-state index in [1.807, 2.05) is 0 Å². The first-order valence-corrected chi connectivity index (χ1v) is 6.41. The first-order chi connectivity index (χ1) is 6.80. The van der Waals surface area contributed by atoms with Crippen molar-refractivity contribution < 1.29 is 0 Å². The van der Waals surface area contributed by atoms with Crippen molar-refractivity contribution in [3.05, 3.63) is 12.7 Å². The van der Waals surface area contributed by atoms with Gasteiger partial charge in [0.1, 0.15) is 0 Å². The fourth-order valence-corrected chi connectivity index (χ4v) is 4.07. The van der Waals surface area contributed by atoms with Crippen molar-refractivity contribution in [2.45, 2.75) is 58.3 Å². The molecule has 2 bridgehead atoms. The minimum absolute atomic E-state index is 0.780. The molecule has 80 valence electrons. The zero-order chi connectivity index (χ0) is 10.0. The first kappa shape index (κ1) is 10.3. The lowest BCUT2D eigenvalue weighted by atomic mass is 9.70. The average Bonchev–Trinajstić information content (AvgIpc) is 2.79. The topological polar surface area (TPSA) is 0 Å². The number of rotatable bonds is 5. The van der Waals surface area contributed by atoms with Gasteiger partial charge in [-0.05, 0) is 62.2 Å². The standard InChI is InChI=1S/C14H24/c1-3-5-6-13(4-2)14-9-7-12(11-14)8-10-14/h3,12-13H,1,4-11H2,2H3. The molecule has 0 saturated heterocycles. The van der Waals surface area contributed by atoms with Crippen LogP contribution in [0.5, 0.6) is 0 Å². The number of allylic oxidation sites excluding steroid dienone is 1. The molecule has 14 heavy (non-hydrogen) atoms. The summed E-state index contributed by atoms with van der Waals surface area (Å²) in [7, 11) is 0. The molecule has 0 amide bonds. The predicted molar refractivity (Wildman–Crippen MR) is 62.2 cm³/mol. The maximum absolute atomic E-state index is 3.85. The van der Waals surface area contributed by atoms with Crippen LogP contribution in [0.4, 0.5) is 0 Å². The van der Waals surface area contributed by atoms with Gasteiger partial charge in [0.2, 0.25) is 0 Å². The van der Waals surface area contributed by atoms with Crippen molar-refractivity contribution in [1.29, 1.82) is 0 Å². The fourth-order valence-electron chi connectivity index (χ4n) is 4.07. The highest BCUT2D eigenvalue weighted by molar-refractivity contribution is 4.99. The van der Waals surface area contributed by atoms with Crippen LogP contribution in [0.15, 0.2) is 12.7 Å². The highest BCUT2D eigenvalue weighted by Gasteiger charge is 2.48. The van der Waals surface area contributed by atoms with Crippen LogP contribution in [0.25, 0.3) is 0 Å². The third-order valence-corrected chi connectivity index (χ3v) is 4.87. The third-order valence-electron chi connectivity index (χ3n) is 4.87. The van der Waals surface area contributed by atoms with E-state index >= 15 is 0 Å². The van der Waals surface area contributed by atoms with Gasteiger partial charge in [0.05, 0.1) is 0 Å². The molecule has 0 aromatic carbocycles. The normalized spacial score (nSPS) is 37.4. The summed E-state index contributed by atoms with van der Waals surface area (Å²) in [5.41, 5.74) is 0.780. The van der Waals surface area contributed by atoms with Crippen molar-refractivity contribution in [2.75, 3.05) is 0 Å². The maximum atomic E-state index is 3.85. The van der Waals surface area contributed by atoms with E-state index in [1.165, 1.54) is 44.9 Å². The molecule has 0 heterocycles. The second kappa shape index (κ2) is 4.08. The van der Waals surface area contributed by atoms with E-state index in [0.29, 0.717) is 0 Å². The molecular formula is C14H24. The molecule has 0 radical (unpaired) electrons. The Kier molecular flexibility index (Phi) is 2.99. The van der Waals surface area contributed by atoms with Gasteiger partial charge in [0.25, 0.3) is 0 Å². The molecule has 0 heteroatoms. The van der Waals surface area contributed by atoms with E-state index < -0.39 is 0 Å². The lowest BCUT2D eigenvalue weighted by Gasteiger charge is -2.35. The van der Waals surface area contributed by atoms with E-state index in [9.17, 15) is 0 Å². The van der Waals surface area contributed by atoms with Crippen LogP contribution in [0.1, 0.15) is 58.3 Å². The van der Waals surface area contributed by atoms with Crippen LogP contribution < -0.4 is 0 Å². The van der Waals surface area contributed by atoms with E-state index in [1.54, 1.807) is 6.42 Å².